The number of rotatable bonds is 4. The van der Waals surface area contributed by atoms with Crippen molar-refractivity contribution in [3.63, 3.8) is 0 Å². The third-order valence-electron chi connectivity index (χ3n) is 4.90. The third kappa shape index (κ3) is 4.22. The Bertz CT molecular complexity index is 943. The molecule has 1 fully saturated rings. The Morgan fingerprint density at radius 3 is 1.96 bits per heavy atom. The highest BCUT2D eigenvalue weighted by atomic mass is 35.5. The van der Waals surface area contributed by atoms with E-state index in [0.29, 0.717) is 16.5 Å². The van der Waals surface area contributed by atoms with Gasteiger partial charge in [0.2, 0.25) is 5.91 Å². The summed E-state index contributed by atoms with van der Waals surface area (Å²) in [5.74, 6) is -0.117. The number of nitrogens with one attached hydrogen (secondary N) is 1. The minimum absolute atomic E-state index is 0.117. The number of carbonyl (C=O) groups is 1. The first-order valence-electron chi connectivity index (χ1n) is 9.11. The van der Waals surface area contributed by atoms with Gasteiger partial charge in [0.15, 0.2) is 0 Å². The quantitative estimate of drug-likeness (QED) is 0.612. The zero-order chi connectivity index (χ0) is 19.5. The fourth-order valence-electron chi connectivity index (χ4n) is 3.46. The molecule has 0 aromatic heterocycles. The smallest absolute Gasteiger partial charge is 0.250 e. The maximum absolute atomic E-state index is 12.8. The zero-order valence-corrected chi connectivity index (χ0v) is 16.5. The molecule has 1 N–H and O–H groups in total. The van der Waals surface area contributed by atoms with Gasteiger partial charge in [-0.3, -0.25) is 4.79 Å². The van der Waals surface area contributed by atoms with Crippen molar-refractivity contribution in [2.45, 2.75) is 24.7 Å². The Labute approximate surface area is 174 Å². The first-order chi connectivity index (χ1) is 13.6. The number of benzene rings is 3. The molecule has 1 aliphatic heterocycles. The monoisotopic (exact) mass is 411 g/mol. The first kappa shape index (κ1) is 19.0. The molecule has 1 saturated heterocycles. The molecule has 0 saturated carbocycles. The van der Waals surface area contributed by atoms with Crippen LogP contribution >= 0.6 is 23.2 Å². The highest BCUT2D eigenvalue weighted by molar-refractivity contribution is 6.30. The van der Waals surface area contributed by atoms with E-state index in [2.05, 4.69) is 5.32 Å². The van der Waals surface area contributed by atoms with Crippen molar-refractivity contribution in [3.05, 3.63) is 106 Å². The number of hydrogen-bond acceptors (Lipinski definition) is 2. The fourth-order valence-corrected chi connectivity index (χ4v) is 3.71. The first-order valence-corrected chi connectivity index (χ1v) is 9.86. The minimum Gasteiger partial charge on any atom is -0.358 e. The van der Waals surface area contributed by atoms with Gasteiger partial charge in [-0.05, 0) is 41.0 Å². The molecule has 0 radical (unpaired) electrons. The van der Waals surface area contributed by atoms with Crippen LogP contribution in [-0.4, -0.2) is 12.0 Å². The number of morpholine rings is 1. The van der Waals surface area contributed by atoms with Gasteiger partial charge in [0.1, 0.15) is 12.2 Å². The second-order valence-corrected chi connectivity index (χ2v) is 7.70. The highest BCUT2D eigenvalue weighted by Crippen LogP contribution is 2.37. The van der Waals surface area contributed by atoms with E-state index in [-0.39, 0.29) is 18.1 Å². The molecule has 3 unspecified atom stereocenters. The van der Waals surface area contributed by atoms with Crippen LogP contribution in [0.15, 0.2) is 78.9 Å². The minimum atomic E-state index is -0.563. The molecule has 0 aliphatic carbocycles. The Kier molecular flexibility index (Phi) is 5.67. The lowest BCUT2D eigenvalue weighted by atomic mass is 9.92. The van der Waals surface area contributed by atoms with Crippen LogP contribution in [0.1, 0.15) is 28.8 Å². The normalized spacial score (nSPS) is 21.9. The topological polar surface area (TPSA) is 38.3 Å². The number of ether oxygens (including phenoxy) is 1. The maximum Gasteiger partial charge on any atom is 0.250 e. The second kappa shape index (κ2) is 8.36. The SMILES string of the molecule is O=C1NC(c2ccc(Cl)cc2)C(c2ccc(Cl)cc2)OC1Cc1ccccc1. The summed E-state index contributed by atoms with van der Waals surface area (Å²) in [5.41, 5.74) is 2.96. The van der Waals surface area contributed by atoms with Crippen LogP contribution in [-0.2, 0) is 16.0 Å². The summed E-state index contributed by atoms with van der Waals surface area (Å²) in [7, 11) is 0. The number of hydrogen-bond donors (Lipinski definition) is 1. The third-order valence-corrected chi connectivity index (χ3v) is 5.40. The van der Waals surface area contributed by atoms with Gasteiger partial charge in [0.25, 0.3) is 0 Å². The van der Waals surface area contributed by atoms with E-state index in [1.165, 1.54) is 0 Å². The molecular formula is C23H19Cl2NO2. The summed E-state index contributed by atoms with van der Waals surface area (Å²) in [5, 5.41) is 4.46. The lowest BCUT2D eigenvalue weighted by Gasteiger charge is -2.37. The summed E-state index contributed by atoms with van der Waals surface area (Å²) in [6.07, 6.45) is -0.374. The summed E-state index contributed by atoms with van der Waals surface area (Å²) >= 11 is 12.1. The van der Waals surface area contributed by atoms with E-state index >= 15 is 0 Å². The number of halogens is 2. The highest BCUT2D eigenvalue weighted by Gasteiger charge is 2.38. The molecule has 5 heteroatoms. The van der Waals surface area contributed by atoms with Crippen LogP contribution in [0.3, 0.4) is 0 Å². The molecule has 4 rings (SSSR count). The lowest BCUT2D eigenvalue weighted by molar-refractivity contribution is -0.150. The van der Waals surface area contributed by atoms with E-state index < -0.39 is 6.10 Å². The Morgan fingerprint density at radius 2 is 1.36 bits per heavy atom. The van der Waals surface area contributed by atoms with Crippen molar-refractivity contribution in [3.8, 4) is 0 Å². The van der Waals surface area contributed by atoms with Gasteiger partial charge in [0.05, 0.1) is 6.04 Å². The van der Waals surface area contributed by atoms with Gasteiger partial charge in [-0.25, -0.2) is 0 Å². The van der Waals surface area contributed by atoms with Gasteiger partial charge in [-0.15, -0.1) is 0 Å². The van der Waals surface area contributed by atoms with Crippen LogP contribution in [0, 0.1) is 0 Å². The van der Waals surface area contributed by atoms with Gasteiger partial charge in [0, 0.05) is 16.5 Å². The number of carbonyl (C=O) groups excluding carboxylic acids is 1. The molecule has 3 nitrogen and oxygen atoms in total. The van der Waals surface area contributed by atoms with Crippen LogP contribution in [0.2, 0.25) is 10.0 Å². The van der Waals surface area contributed by atoms with Crippen molar-refractivity contribution in [1.82, 2.24) is 5.32 Å². The molecule has 1 aliphatic rings. The zero-order valence-electron chi connectivity index (χ0n) is 15.0. The van der Waals surface area contributed by atoms with Gasteiger partial charge in [-0.1, -0.05) is 77.8 Å². The molecule has 3 aromatic carbocycles. The second-order valence-electron chi connectivity index (χ2n) is 6.82. The number of amides is 1. The molecule has 142 valence electrons. The molecule has 3 atom stereocenters. The van der Waals surface area contributed by atoms with Gasteiger partial charge >= 0.3 is 0 Å². The Balaban J connectivity index is 1.65. The maximum atomic E-state index is 12.8. The molecular weight excluding hydrogens is 393 g/mol. The van der Waals surface area contributed by atoms with Gasteiger partial charge in [-0.2, -0.15) is 0 Å². The summed E-state index contributed by atoms with van der Waals surface area (Å²) in [4.78, 5) is 12.8. The Hall–Kier alpha value is -2.33. The van der Waals surface area contributed by atoms with Crippen LogP contribution in [0.5, 0.6) is 0 Å². The predicted octanol–water partition coefficient (Wildman–Crippen LogP) is 5.53. The van der Waals surface area contributed by atoms with E-state index in [1.54, 1.807) is 0 Å². The average molecular weight is 412 g/mol. The summed E-state index contributed by atoms with van der Waals surface area (Å²) in [6.45, 7) is 0. The molecule has 3 aromatic rings. The van der Waals surface area contributed by atoms with E-state index in [9.17, 15) is 4.79 Å². The molecule has 1 amide bonds. The average Bonchev–Trinajstić information content (AvgIpc) is 2.71. The van der Waals surface area contributed by atoms with E-state index in [0.717, 1.165) is 16.7 Å². The lowest BCUT2D eigenvalue weighted by Crippen LogP contribution is -2.48. The molecule has 28 heavy (non-hydrogen) atoms. The van der Waals surface area contributed by atoms with Crippen LogP contribution in [0.4, 0.5) is 0 Å². The van der Waals surface area contributed by atoms with Crippen molar-refractivity contribution >= 4 is 29.1 Å². The fraction of sp³-hybridized carbons (Fsp3) is 0.174. The van der Waals surface area contributed by atoms with Crippen LogP contribution in [0.25, 0.3) is 0 Å². The largest absolute Gasteiger partial charge is 0.358 e. The molecule has 1 heterocycles. The molecule has 0 spiro atoms. The van der Waals surface area contributed by atoms with Crippen molar-refractivity contribution in [2.75, 3.05) is 0 Å². The standard InChI is InChI=1S/C23H19Cl2NO2/c24-18-10-6-16(7-11-18)21-22(17-8-12-19(25)13-9-17)28-20(23(27)26-21)14-15-4-2-1-3-5-15/h1-13,20-22H,14H2,(H,26,27). The summed E-state index contributed by atoms with van der Waals surface area (Å²) in [6, 6.07) is 24.6. The van der Waals surface area contributed by atoms with Crippen LogP contribution < -0.4 is 5.32 Å². The van der Waals surface area contributed by atoms with Crippen molar-refractivity contribution in [2.24, 2.45) is 0 Å². The predicted molar refractivity (Wildman–Crippen MR) is 112 cm³/mol. The Morgan fingerprint density at radius 1 is 0.786 bits per heavy atom. The van der Waals surface area contributed by atoms with E-state index in [4.69, 9.17) is 27.9 Å². The van der Waals surface area contributed by atoms with Crippen molar-refractivity contribution < 1.29 is 9.53 Å². The molecule has 0 bridgehead atoms. The van der Waals surface area contributed by atoms with E-state index in [1.807, 2.05) is 78.9 Å². The van der Waals surface area contributed by atoms with Crippen molar-refractivity contribution in [1.29, 1.82) is 0 Å². The summed E-state index contributed by atoms with van der Waals surface area (Å²) < 4.78 is 6.34. The van der Waals surface area contributed by atoms with Gasteiger partial charge < -0.3 is 10.1 Å².